The molecule has 1 aromatic heterocycles. The average molecular weight is 363 g/mol. The number of hydrogen-bond donors (Lipinski definition) is 1. The largest absolute Gasteiger partial charge is 0.486 e. The van der Waals surface area contributed by atoms with Crippen molar-refractivity contribution in [2.75, 3.05) is 26.8 Å². The maximum Gasteiger partial charge on any atom is 0.257 e. The van der Waals surface area contributed by atoms with Crippen LogP contribution in [0, 0.1) is 0 Å². The SMILES string of the molecule is CN(CCc1ccccc1)C(=O)c1cn[nH]c1-c1ccc2c(c1)OCCO2. The number of benzene rings is 2. The lowest BCUT2D eigenvalue weighted by atomic mass is 10.1. The van der Waals surface area contributed by atoms with Gasteiger partial charge in [0.2, 0.25) is 0 Å². The minimum atomic E-state index is -0.0652. The fraction of sp³-hybridized carbons (Fsp3) is 0.238. The highest BCUT2D eigenvalue weighted by atomic mass is 16.6. The van der Waals surface area contributed by atoms with Gasteiger partial charge in [-0.2, -0.15) is 5.10 Å². The second-order valence-electron chi connectivity index (χ2n) is 6.48. The van der Waals surface area contributed by atoms with Gasteiger partial charge in [-0.25, -0.2) is 0 Å². The Morgan fingerprint density at radius 3 is 2.70 bits per heavy atom. The number of carbonyl (C=O) groups excluding carboxylic acids is 1. The van der Waals surface area contributed by atoms with Crippen molar-refractivity contribution in [3.05, 3.63) is 65.9 Å². The van der Waals surface area contributed by atoms with E-state index in [0.717, 1.165) is 17.7 Å². The molecule has 6 heteroatoms. The maximum atomic E-state index is 12.9. The van der Waals surface area contributed by atoms with Crippen LogP contribution in [-0.2, 0) is 6.42 Å². The van der Waals surface area contributed by atoms with Crippen molar-refractivity contribution >= 4 is 5.91 Å². The standard InChI is InChI=1S/C21H21N3O3/c1-24(10-9-15-5-3-2-4-6-15)21(25)17-14-22-23-20(17)16-7-8-18-19(13-16)27-12-11-26-18/h2-8,13-14H,9-12H2,1H3,(H,22,23). The van der Waals surface area contributed by atoms with Gasteiger partial charge < -0.3 is 14.4 Å². The van der Waals surface area contributed by atoms with E-state index in [1.165, 1.54) is 5.56 Å². The maximum absolute atomic E-state index is 12.9. The highest BCUT2D eigenvalue weighted by molar-refractivity contribution is 5.99. The smallest absolute Gasteiger partial charge is 0.257 e. The van der Waals surface area contributed by atoms with Crippen LogP contribution < -0.4 is 9.47 Å². The highest BCUT2D eigenvalue weighted by Crippen LogP contribution is 2.35. The molecule has 0 bridgehead atoms. The fourth-order valence-corrected chi connectivity index (χ4v) is 3.12. The van der Waals surface area contributed by atoms with Gasteiger partial charge in [0.05, 0.1) is 17.5 Å². The molecule has 138 valence electrons. The van der Waals surface area contributed by atoms with Gasteiger partial charge in [0, 0.05) is 19.2 Å². The van der Waals surface area contributed by atoms with Crippen LogP contribution in [0.3, 0.4) is 0 Å². The van der Waals surface area contributed by atoms with Gasteiger partial charge in [-0.15, -0.1) is 0 Å². The number of aromatic nitrogens is 2. The molecule has 6 nitrogen and oxygen atoms in total. The van der Waals surface area contributed by atoms with Gasteiger partial charge in [0.25, 0.3) is 5.91 Å². The molecule has 0 aliphatic carbocycles. The van der Waals surface area contributed by atoms with E-state index in [2.05, 4.69) is 22.3 Å². The van der Waals surface area contributed by atoms with E-state index in [0.29, 0.717) is 36.8 Å². The van der Waals surface area contributed by atoms with Crippen molar-refractivity contribution in [2.45, 2.75) is 6.42 Å². The Morgan fingerprint density at radius 2 is 1.89 bits per heavy atom. The van der Waals surface area contributed by atoms with Gasteiger partial charge >= 0.3 is 0 Å². The molecular weight excluding hydrogens is 342 g/mol. The summed E-state index contributed by atoms with van der Waals surface area (Å²) in [6.45, 7) is 1.70. The Hall–Kier alpha value is -3.28. The Kier molecular flexibility index (Phi) is 4.78. The van der Waals surface area contributed by atoms with E-state index in [1.807, 2.05) is 43.4 Å². The van der Waals surface area contributed by atoms with Crippen LogP contribution >= 0.6 is 0 Å². The monoisotopic (exact) mass is 363 g/mol. The second-order valence-corrected chi connectivity index (χ2v) is 6.48. The predicted octanol–water partition coefficient (Wildman–Crippen LogP) is 3.16. The molecule has 1 aliphatic rings. The summed E-state index contributed by atoms with van der Waals surface area (Å²) in [4.78, 5) is 14.6. The summed E-state index contributed by atoms with van der Waals surface area (Å²) < 4.78 is 11.2. The lowest BCUT2D eigenvalue weighted by molar-refractivity contribution is 0.0797. The molecule has 0 spiro atoms. The van der Waals surface area contributed by atoms with E-state index in [9.17, 15) is 4.79 Å². The Labute approximate surface area is 157 Å². The Bertz CT molecular complexity index is 937. The number of amides is 1. The summed E-state index contributed by atoms with van der Waals surface area (Å²) in [5.41, 5.74) is 3.28. The number of fused-ring (bicyclic) bond motifs is 1. The summed E-state index contributed by atoms with van der Waals surface area (Å²) in [6.07, 6.45) is 2.38. The summed E-state index contributed by atoms with van der Waals surface area (Å²) >= 11 is 0. The molecule has 0 saturated heterocycles. The number of rotatable bonds is 5. The van der Waals surface area contributed by atoms with E-state index in [4.69, 9.17) is 9.47 Å². The molecule has 4 rings (SSSR count). The van der Waals surface area contributed by atoms with Crippen molar-refractivity contribution in [3.8, 4) is 22.8 Å². The molecule has 0 atom stereocenters. The lowest BCUT2D eigenvalue weighted by Gasteiger charge is -2.19. The topological polar surface area (TPSA) is 67.5 Å². The molecule has 0 saturated carbocycles. The zero-order valence-corrected chi connectivity index (χ0v) is 15.1. The number of aromatic amines is 1. The minimum absolute atomic E-state index is 0.0652. The molecule has 1 amide bonds. The van der Waals surface area contributed by atoms with Gasteiger partial charge in [-0.3, -0.25) is 9.89 Å². The quantitative estimate of drug-likeness (QED) is 0.756. The first-order chi connectivity index (χ1) is 13.2. The van der Waals surface area contributed by atoms with Crippen LogP contribution in [0.1, 0.15) is 15.9 Å². The van der Waals surface area contributed by atoms with Gasteiger partial charge in [0.15, 0.2) is 11.5 Å². The third kappa shape index (κ3) is 3.65. The van der Waals surface area contributed by atoms with Crippen LogP contribution in [0.15, 0.2) is 54.7 Å². The van der Waals surface area contributed by atoms with Crippen molar-refractivity contribution in [2.24, 2.45) is 0 Å². The van der Waals surface area contributed by atoms with E-state index in [1.54, 1.807) is 11.1 Å². The normalized spacial score (nSPS) is 12.6. The third-order valence-electron chi connectivity index (χ3n) is 4.63. The zero-order chi connectivity index (χ0) is 18.6. The Balaban J connectivity index is 1.51. The zero-order valence-electron chi connectivity index (χ0n) is 15.1. The summed E-state index contributed by atoms with van der Waals surface area (Å²) in [5.74, 6) is 1.34. The molecule has 1 N–H and O–H groups in total. The van der Waals surface area contributed by atoms with Crippen molar-refractivity contribution in [1.82, 2.24) is 15.1 Å². The summed E-state index contributed by atoms with van der Waals surface area (Å²) in [7, 11) is 1.81. The number of nitrogens with zero attached hydrogens (tertiary/aromatic N) is 2. The molecule has 2 aromatic carbocycles. The van der Waals surface area contributed by atoms with Gasteiger partial charge in [-0.1, -0.05) is 30.3 Å². The fourth-order valence-electron chi connectivity index (χ4n) is 3.12. The first-order valence-corrected chi connectivity index (χ1v) is 8.95. The molecule has 3 aromatic rings. The van der Waals surface area contributed by atoms with Crippen LogP contribution in [0.5, 0.6) is 11.5 Å². The predicted molar refractivity (Wildman–Crippen MR) is 102 cm³/mol. The van der Waals surface area contributed by atoms with Crippen molar-refractivity contribution in [3.63, 3.8) is 0 Å². The minimum Gasteiger partial charge on any atom is -0.486 e. The molecule has 0 radical (unpaired) electrons. The van der Waals surface area contributed by atoms with E-state index < -0.39 is 0 Å². The first-order valence-electron chi connectivity index (χ1n) is 8.95. The summed E-state index contributed by atoms with van der Waals surface area (Å²) in [6, 6.07) is 15.8. The second kappa shape index (κ2) is 7.53. The van der Waals surface area contributed by atoms with E-state index >= 15 is 0 Å². The molecule has 0 unspecified atom stereocenters. The van der Waals surface area contributed by atoms with Crippen LogP contribution in [0.25, 0.3) is 11.3 Å². The van der Waals surface area contributed by atoms with Gasteiger partial charge in [0.1, 0.15) is 13.2 Å². The highest BCUT2D eigenvalue weighted by Gasteiger charge is 2.20. The van der Waals surface area contributed by atoms with Gasteiger partial charge in [-0.05, 0) is 30.2 Å². The number of hydrogen-bond acceptors (Lipinski definition) is 4. The van der Waals surface area contributed by atoms with Crippen LogP contribution in [0.2, 0.25) is 0 Å². The third-order valence-corrected chi connectivity index (χ3v) is 4.63. The molecule has 1 aliphatic heterocycles. The number of H-pyrrole nitrogens is 1. The molecule has 2 heterocycles. The number of likely N-dealkylation sites (N-methyl/N-ethyl adjacent to an activating group) is 1. The number of nitrogens with one attached hydrogen (secondary N) is 1. The molecule has 27 heavy (non-hydrogen) atoms. The summed E-state index contributed by atoms with van der Waals surface area (Å²) in [5, 5.41) is 7.03. The first kappa shape index (κ1) is 17.1. The van der Waals surface area contributed by atoms with E-state index in [-0.39, 0.29) is 5.91 Å². The van der Waals surface area contributed by atoms with Crippen molar-refractivity contribution in [1.29, 1.82) is 0 Å². The van der Waals surface area contributed by atoms with Crippen molar-refractivity contribution < 1.29 is 14.3 Å². The van der Waals surface area contributed by atoms with Crippen LogP contribution in [0.4, 0.5) is 0 Å². The number of carbonyl (C=O) groups is 1. The van der Waals surface area contributed by atoms with Crippen LogP contribution in [-0.4, -0.2) is 47.8 Å². The number of ether oxygens (including phenoxy) is 2. The Morgan fingerprint density at radius 1 is 1.11 bits per heavy atom. The average Bonchev–Trinajstić information content (AvgIpc) is 3.21. The molecule has 0 fully saturated rings. The molecular formula is C21H21N3O3. The lowest BCUT2D eigenvalue weighted by Crippen LogP contribution is -2.29.